The van der Waals surface area contributed by atoms with Crippen LogP contribution >= 0.6 is 0 Å². The molecule has 0 aromatic heterocycles. The van der Waals surface area contributed by atoms with E-state index in [1.54, 1.807) is 11.6 Å². The van der Waals surface area contributed by atoms with Crippen LogP contribution in [-0.4, -0.2) is 18.0 Å². The van der Waals surface area contributed by atoms with Crippen molar-refractivity contribution in [3.05, 3.63) is 76.8 Å². The van der Waals surface area contributed by atoms with Crippen LogP contribution < -0.4 is 0 Å². The largest absolute Gasteiger partial charge is 0.908 e. The monoisotopic (exact) mass is 864 g/mol. The van der Waals surface area contributed by atoms with Gasteiger partial charge in [0.25, 0.3) is 0 Å². The molecule has 0 spiro atoms. The summed E-state index contributed by atoms with van der Waals surface area (Å²) in [6, 6.07) is 0. The fraction of sp³-hybridized carbons (Fsp3) is 0.708. The Bertz CT molecular complexity index is 1200. The summed E-state index contributed by atoms with van der Waals surface area (Å²) < 4.78 is 0. The van der Waals surface area contributed by atoms with E-state index in [4.69, 9.17) is 6.58 Å². The van der Waals surface area contributed by atoms with Crippen molar-refractivity contribution in [2.24, 2.45) is 48.3 Å². The van der Waals surface area contributed by atoms with Crippen molar-refractivity contribution < 1.29 is 65.4 Å². The summed E-state index contributed by atoms with van der Waals surface area (Å²) in [5.74, 6) is 0. The summed E-state index contributed by atoms with van der Waals surface area (Å²) in [4.78, 5) is 4.58. The van der Waals surface area contributed by atoms with Crippen LogP contribution in [0.1, 0.15) is 173 Å². The van der Waals surface area contributed by atoms with Crippen molar-refractivity contribution in [1.82, 2.24) is 0 Å². The third-order valence-corrected chi connectivity index (χ3v) is 8.10. The quantitative estimate of drug-likeness (QED) is 0.151. The molecule has 0 saturated carbocycles. The van der Waals surface area contributed by atoms with E-state index < -0.39 is 0 Å². The van der Waals surface area contributed by atoms with Crippen molar-refractivity contribution in [3.63, 3.8) is 0 Å². The fourth-order valence-electron chi connectivity index (χ4n) is 3.92. The average molecular weight is 865 g/mol. The molecule has 0 unspecified atom stereocenters. The Balaban J connectivity index is -0.000000292. The van der Waals surface area contributed by atoms with E-state index in [1.807, 2.05) is 26.8 Å². The van der Waals surface area contributed by atoms with Gasteiger partial charge in [-0.25, -0.2) is 0 Å². The van der Waals surface area contributed by atoms with Crippen molar-refractivity contribution in [2.45, 2.75) is 173 Å². The topological polar surface area (TPSA) is 34.7 Å². The Labute approximate surface area is 377 Å². The summed E-state index contributed by atoms with van der Waals surface area (Å²) in [7, 11) is 0. The van der Waals surface area contributed by atoms with Gasteiger partial charge in [-0.1, -0.05) is 189 Å². The number of aliphatic imine (C=N–C) groups is 1. The Morgan fingerprint density at radius 3 is 1.21 bits per heavy atom. The maximum absolute atomic E-state index is 9.55. The van der Waals surface area contributed by atoms with Gasteiger partial charge in [0.15, 0.2) is 0 Å². The predicted octanol–water partition coefficient (Wildman–Crippen LogP) is 15.0. The first-order valence-corrected chi connectivity index (χ1v) is 18.8. The summed E-state index contributed by atoms with van der Waals surface area (Å²) in [6.07, 6.45) is 18.1. The minimum Gasteiger partial charge on any atom is -0.908 e. The third-order valence-electron chi connectivity index (χ3n) is 8.10. The van der Waals surface area contributed by atoms with Gasteiger partial charge in [-0.15, -0.1) is 16.2 Å². The molecule has 0 atom stereocenters. The van der Waals surface area contributed by atoms with Gasteiger partial charge in [0.05, 0.1) is 6.54 Å². The first-order chi connectivity index (χ1) is 21.7. The second kappa shape index (κ2) is 22.1. The van der Waals surface area contributed by atoms with E-state index in [0.717, 1.165) is 18.5 Å². The van der Waals surface area contributed by atoms with Gasteiger partial charge in [-0.3, -0.25) is 17.1 Å². The van der Waals surface area contributed by atoms with Gasteiger partial charge in [0, 0.05) is 76.5 Å². The molecule has 2 radical (unpaired) electrons. The zero-order valence-electron chi connectivity index (χ0n) is 38.9. The molecule has 0 amide bonds. The molecule has 2 aliphatic rings. The zero-order valence-corrected chi connectivity index (χ0v) is 44.6. The van der Waals surface area contributed by atoms with Crippen LogP contribution in [0, 0.1) is 62.1 Å². The average Bonchev–Trinajstić information content (AvgIpc) is 3.55. The molecule has 0 aromatic rings. The first-order valence-electron chi connectivity index (χ1n) is 18.8. The van der Waals surface area contributed by atoms with E-state index in [-0.39, 0.29) is 97.9 Å². The summed E-state index contributed by atoms with van der Waals surface area (Å²) >= 11 is 0. The molecule has 0 saturated heterocycles. The number of nitrogens with zero attached hydrogens (tertiary/aromatic N) is 2. The minimum atomic E-state index is -0.168. The van der Waals surface area contributed by atoms with Crippen molar-refractivity contribution in [2.75, 3.05) is 6.54 Å². The van der Waals surface area contributed by atoms with Gasteiger partial charge in [0.2, 0.25) is 0 Å². The van der Waals surface area contributed by atoms with Crippen LogP contribution in [0.2, 0.25) is 0 Å². The Morgan fingerprint density at radius 2 is 0.981 bits per heavy atom. The molecular formula is C48H82N2Y2-4. The Kier molecular flexibility index (Phi) is 24.9. The fourth-order valence-corrected chi connectivity index (χ4v) is 3.92. The summed E-state index contributed by atoms with van der Waals surface area (Å²) in [6.45, 7) is 58.6. The second-order valence-electron chi connectivity index (χ2n) is 22.3. The van der Waals surface area contributed by atoms with E-state index in [2.05, 4.69) is 181 Å². The number of rotatable bonds is 2. The van der Waals surface area contributed by atoms with Gasteiger partial charge in [0.1, 0.15) is 0 Å². The molecule has 2 nitrogen and oxygen atoms in total. The van der Waals surface area contributed by atoms with Crippen LogP contribution in [0.5, 0.6) is 0 Å². The van der Waals surface area contributed by atoms with Crippen LogP contribution in [-0.2, 0) is 65.4 Å². The molecule has 52 heavy (non-hydrogen) atoms. The SMILES string of the molecule is CC(C)(C)C1=CC(C(C)(C)C)=NC1.CC(C)(C)C1=CCC(C(C)(C)C)=C1.CC(C)(C)[C-]=CC(=[N-])C(C)(C)C.[CH-]=C(C=[C-]C(C)(C)C)C(C)(C)C.[Y].[Y]. The zero-order chi connectivity index (χ0) is 40.5. The van der Waals surface area contributed by atoms with E-state index in [0.29, 0.717) is 16.5 Å². The number of allylic oxidation sites excluding steroid dienone is 10. The minimum absolute atomic E-state index is 0. The van der Waals surface area contributed by atoms with Crippen LogP contribution in [0.25, 0.3) is 5.41 Å². The molecular weight excluding hydrogens is 782 g/mol. The molecule has 0 bridgehead atoms. The summed E-state index contributed by atoms with van der Waals surface area (Å²) in [5.41, 5.74) is 8.16. The summed E-state index contributed by atoms with van der Waals surface area (Å²) in [5, 5.41) is 9.55. The Hall–Kier alpha value is -0.0122. The molecule has 1 aliphatic carbocycles. The molecule has 1 heterocycles. The standard InChI is InChI=1S/C13H22.C12H21N.C12H20.C11H19N.2Y/c1-12(2,3)10-7-8-11(9-10)13(4,5)6;1-11(2,3)9-7-10(13-8-9)12(4,5)6;1-10(12(5,6)7)8-9-11(2,3)4;1-10(2,3)8-7-9(12)11(4,5)6;;/h7,9H,8H2,1-6H3;7H,8H2,1-6H3;1,8H,2-7H3;7H,1-6H3;;/q;;2*-2;;. The number of hydrogen-bond donors (Lipinski definition) is 0. The predicted molar refractivity (Wildman–Crippen MR) is 229 cm³/mol. The third kappa shape index (κ3) is 27.5. The molecule has 294 valence electrons. The normalized spacial score (nSPS) is 15.7. The maximum atomic E-state index is 9.55. The molecule has 2 rings (SSSR count). The van der Waals surface area contributed by atoms with Crippen molar-refractivity contribution in [1.29, 1.82) is 0 Å². The van der Waals surface area contributed by atoms with E-state index in [1.165, 1.54) is 16.9 Å². The molecule has 0 N–H and O–H groups in total. The molecule has 0 fully saturated rings. The van der Waals surface area contributed by atoms with Crippen molar-refractivity contribution in [3.8, 4) is 0 Å². The van der Waals surface area contributed by atoms with Crippen LogP contribution in [0.4, 0.5) is 0 Å². The first kappa shape index (κ1) is 58.7. The van der Waals surface area contributed by atoms with Crippen LogP contribution in [0.15, 0.2) is 57.7 Å². The van der Waals surface area contributed by atoms with Crippen molar-refractivity contribution >= 4 is 11.4 Å². The smallest absolute Gasteiger partial charge is 0.0611 e. The Morgan fingerprint density at radius 1 is 0.577 bits per heavy atom. The molecule has 1 aliphatic heterocycles. The van der Waals surface area contributed by atoms with Gasteiger partial charge >= 0.3 is 0 Å². The molecule has 4 heteroatoms. The van der Waals surface area contributed by atoms with E-state index in [9.17, 15) is 5.41 Å². The molecule has 0 aromatic carbocycles. The maximum Gasteiger partial charge on any atom is 0.0611 e. The van der Waals surface area contributed by atoms with E-state index >= 15 is 0 Å². The van der Waals surface area contributed by atoms with Gasteiger partial charge < -0.3 is 35.4 Å². The van der Waals surface area contributed by atoms with Gasteiger partial charge in [-0.05, 0) is 39.9 Å². The van der Waals surface area contributed by atoms with Crippen LogP contribution in [0.3, 0.4) is 0 Å². The number of hydrogen-bond acceptors (Lipinski definition) is 1. The van der Waals surface area contributed by atoms with Gasteiger partial charge in [-0.2, -0.15) is 0 Å². The second-order valence-corrected chi connectivity index (χ2v) is 22.3.